The summed E-state index contributed by atoms with van der Waals surface area (Å²) in [5.74, 6) is -0.211. The summed E-state index contributed by atoms with van der Waals surface area (Å²) in [5.41, 5.74) is 5.37. The van der Waals surface area contributed by atoms with Crippen molar-refractivity contribution in [1.82, 2.24) is 0 Å². The maximum atomic E-state index is 12.0. The van der Waals surface area contributed by atoms with Gasteiger partial charge in [-0.15, -0.1) is 0 Å². The highest BCUT2D eigenvalue weighted by Crippen LogP contribution is 2.25. The Hall–Kier alpha value is -1.10. The minimum absolute atomic E-state index is 0.0430. The molecule has 0 radical (unpaired) electrons. The van der Waals surface area contributed by atoms with Crippen LogP contribution in [0.2, 0.25) is 0 Å². The van der Waals surface area contributed by atoms with Crippen molar-refractivity contribution in [2.75, 3.05) is 0 Å². The van der Waals surface area contributed by atoms with Crippen LogP contribution in [0.5, 0.6) is 0 Å². The van der Waals surface area contributed by atoms with Crippen LogP contribution in [0, 0.1) is 5.92 Å². The minimum atomic E-state index is -0.548. The second-order valence-corrected chi connectivity index (χ2v) is 6.02. The average molecular weight is 299 g/mol. The van der Waals surface area contributed by atoms with Gasteiger partial charge >= 0.3 is 11.9 Å². The van der Waals surface area contributed by atoms with Crippen LogP contribution in [0.3, 0.4) is 0 Å². The quantitative estimate of drug-likeness (QED) is 0.423. The Bertz CT molecular complexity index is 324. The standard InChI is InChI=1S/C16H29NO4/c1-12(8-6-7-11-15(18)21-13(2)17)20-16(19)14-9-4-3-5-10-14/h12-14H,3-11,17H2,1-2H3. The zero-order valence-corrected chi connectivity index (χ0v) is 13.3. The van der Waals surface area contributed by atoms with E-state index in [1.54, 1.807) is 6.92 Å². The Morgan fingerprint density at radius 2 is 1.76 bits per heavy atom. The van der Waals surface area contributed by atoms with E-state index < -0.39 is 6.23 Å². The van der Waals surface area contributed by atoms with Crippen LogP contribution in [0.25, 0.3) is 0 Å². The SMILES string of the molecule is CC(N)OC(=O)CCCCC(C)OC(=O)C1CCCCC1. The van der Waals surface area contributed by atoms with Gasteiger partial charge in [-0.1, -0.05) is 19.3 Å². The van der Waals surface area contributed by atoms with Crippen molar-refractivity contribution in [3.63, 3.8) is 0 Å². The molecule has 1 aliphatic carbocycles. The van der Waals surface area contributed by atoms with E-state index in [1.807, 2.05) is 6.92 Å². The molecule has 2 N–H and O–H groups in total. The highest BCUT2D eigenvalue weighted by molar-refractivity contribution is 5.72. The molecular formula is C16H29NO4. The van der Waals surface area contributed by atoms with E-state index in [2.05, 4.69) is 0 Å². The van der Waals surface area contributed by atoms with Crippen molar-refractivity contribution in [1.29, 1.82) is 0 Å². The fourth-order valence-corrected chi connectivity index (χ4v) is 2.66. The fourth-order valence-electron chi connectivity index (χ4n) is 2.66. The second kappa shape index (κ2) is 9.77. The molecule has 0 spiro atoms. The number of hydrogen-bond donors (Lipinski definition) is 1. The maximum Gasteiger partial charge on any atom is 0.309 e. The van der Waals surface area contributed by atoms with E-state index in [1.165, 1.54) is 6.42 Å². The Kier molecular flexibility index (Phi) is 8.35. The summed E-state index contributed by atoms with van der Waals surface area (Å²) in [6.45, 7) is 3.55. The summed E-state index contributed by atoms with van der Waals surface area (Å²) < 4.78 is 10.3. The van der Waals surface area contributed by atoms with E-state index in [4.69, 9.17) is 15.2 Å². The maximum absolute atomic E-state index is 12.0. The van der Waals surface area contributed by atoms with Gasteiger partial charge in [0.2, 0.25) is 0 Å². The van der Waals surface area contributed by atoms with Crippen LogP contribution < -0.4 is 5.73 Å². The summed E-state index contributed by atoms with van der Waals surface area (Å²) in [7, 11) is 0. The molecule has 21 heavy (non-hydrogen) atoms. The lowest BCUT2D eigenvalue weighted by Crippen LogP contribution is -2.24. The summed E-state index contributed by atoms with van der Waals surface area (Å²) in [4.78, 5) is 23.3. The van der Waals surface area contributed by atoms with Crippen LogP contribution in [-0.2, 0) is 19.1 Å². The molecule has 0 saturated heterocycles. The number of hydrogen-bond acceptors (Lipinski definition) is 5. The molecule has 0 aliphatic heterocycles. The molecule has 0 aromatic carbocycles. The van der Waals surface area contributed by atoms with Gasteiger partial charge in [-0.05, 0) is 46.0 Å². The van der Waals surface area contributed by atoms with Crippen molar-refractivity contribution < 1.29 is 19.1 Å². The van der Waals surface area contributed by atoms with Crippen LogP contribution in [0.1, 0.15) is 71.6 Å². The Balaban J connectivity index is 2.09. The summed E-state index contributed by atoms with van der Waals surface area (Å²) in [6, 6.07) is 0. The topological polar surface area (TPSA) is 78.6 Å². The highest BCUT2D eigenvalue weighted by atomic mass is 16.6. The number of esters is 2. The predicted octanol–water partition coefficient (Wildman–Crippen LogP) is 2.91. The molecule has 122 valence electrons. The van der Waals surface area contributed by atoms with Gasteiger partial charge < -0.3 is 9.47 Å². The molecule has 5 nitrogen and oxygen atoms in total. The molecule has 1 aliphatic rings. The lowest BCUT2D eigenvalue weighted by Gasteiger charge is -2.22. The Morgan fingerprint density at radius 3 is 2.38 bits per heavy atom. The number of nitrogens with two attached hydrogens (primary N) is 1. The molecule has 1 rings (SSSR count). The molecule has 0 amide bonds. The summed E-state index contributed by atoms with van der Waals surface area (Å²) in [5, 5.41) is 0. The van der Waals surface area contributed by atoms with E-state index in [0.717, 1.165) is 44.9 Å². The van der Waals surface area contributed by atoms with E-state index in [9.17, 15) is 9.59 Å². The molecule has 2 atom stereocenters. The van der Waals surface area contributed by atoms with Gasteiger partial charge in [0.05, 0.1) is 12.0 Å². The largest absolute Gasteiger partial charge is 0.462 e. The van der Waals surface area contributed by atoms with Crippen molar-refractivity contribution in [3.8, 4) is 0 Å². The molecule has 0 heterocycles. The third-order valence-corrected chi connectivity index (χ3v) is 3.81. The molecule has 2 unspecified atom stereocenters. The fraction of sp³-hybridized carbons (Fsp3) is 0.875. The summed E-state index contributed by atoms with van der Waals surface area (Å²) >= 11 is 0. The first-order valence-electron chi connectivity index (χ1n) is 8.14. The Labute approximate surface area is 127 Å². The van der Waals surface area contributed by atoms with Crippen LogP contribution in [0.4, 0.5) is 0 Å². The van der Waals surface area contributed by atoms with Gasteiger partial charge in [-0.2, -0.15) is 0 Å². The molecule has 0 aromatic heterocycles. The molecule has 5 heteroatoms. The number of carbonyl (C=O) groups excluding carboxylic acids is 2. The monoisotopic (exact) mass is 299 g/mol. The van der Waals surface area contributed by atoms with Gasteiger partial charge in [0.25, 0.3) is 0 Å². The van der Waals surface area contributed by atoms with Crippen molar-refractivity contribution >= 4 is 11.9 Å². The smallest absolute Gasteiger partial charge is 0.309 e. The first-order valence-corrected chi connectivity index (χ1v) is 8.14. The van der Waals surface area contributed by atoms with Crippen molar-refractivity contribution in [2.24, 2.45) is 11.7 Å². The third-order valence-electron chi connectivity index (χ3n) is 3.81. The van der Waals surface area contributed by atoms with E-state index in [-0.39, 0.29) is 24.0 Å². The normalized spacial score (nSPS) is 18.8. The van der Waals surface area contributed by atoms with Crippen molar-refractivity contribution in [3.05, 3.63) is 0 Å². The Morgan fingerprint density at radius 1 is 1.10 bits per heavy atom. The number of unbranched alkanes of at least 4 members (excludes halogenated alkanes) is 1. The number of rotatable bonds is 8. The van der Waals surface area contributed by atoms with Gasteiger partial charge in [0, 0.05) is 6.42 Å². The van der Waals surface area contributed by atoms with Gasteiger partial charge in [0.15, 0.2) is 0 Å². The first-order chi connectivity index (χ1) is 9.99. The van der Waals surface area contributed by atoms with E-state index >= 15 is 0 Å². The van der Waals surface area contributed by atoms with Crippen molar-refractivity contribution in [2.45, 2.75) is 84.0 Å². The van der Waals surface area contributed by atoms with Crippen LogP contribution in [-0.4, -0.2) is 24.3 Å². The lowest BCUT2D eigenvalue weighted by molar-refractivity contribution is -0.155. The zero-order chi connectivity index (χ0) is 15.7. The first kappa shape index (κ1) is 18.0. The van der Waals surface area contributed by atoms with Gasteiger partial charge in [-0.25, -0.2) is 0 Å². The molecule has 1 saturated carbocycles. The molecule has 1 fully saturated rings. The van der Waals surface area contributed by atoms with Crippen LogP contribution in [0.15, 0.2) is 0 Å². The summed E-state index contributed by atoms with van der Waals surface area (Å²) in [6.07, 6.45) is 7.53. The second-order valence-electron chi connectivity index (χ2n) is 6.02. The predicted molar refractivity (Wildman–Crippen MR) is 80.3 cm³/mol. The van der Waals surface area contributed by atoms with Gasteiger partial charge in [0.1, 0.15) is 6.23 Å². The average Bonchev–Trinajstić information content (AvgIpc) is 2.44. The molecular weight excluding hydrogens is 270 g/mol. The lowest BCUT2D eigenvalue weighted by atomic mass is 9.89. The molecule has 0 aromatic rings. The van der Waals surface area contributed by atoms with E-state index in [0.29, 0.717) is 6.42 Å². The number of carbonyl (C=O) groups is 2. The third kappa shape index (κ3) is 8.05. The highest BCUT2D eigenvalue weighted by Gasteiger charge is 2.23. The minimum Gasteiger partial charge on any atom is -0.462 e. The number of ether oxygens (including phenoxy) is 2. The van der Waals surface area contributed by atoms with Crippen LogP contribution >= 0.6 is 0 Å². The molecule has 0 bridgehead atoms. The van der Waals surface area contributed by atoms with Gasteiger partial charge in [-0.3, -0.25) is 15.3 Å². The zero-order valence-electron chi connectivity index (χ0n) is 13.3.